The topological polar surface area (TPSA) is 119 Å². The third-order valence-electron chi connectivity index (χ3n) is 3.74. The largest absolute Gasteiger partial charge is 0.340 e. The first kappa shape index (κ1) is 17.4. The Kier molecular flexibility index (Phi) is 4.91. The van der Waals surface area contributed by atoms with Crippen molar-refractivity contribution in [1.82, 2.24) is 40.6 Å². The number of hydrogen-bond donors (Lipinski definition) is 1. The molecule has 26 heavy (non-hydrogen) atoms. The molecule has 0 bridgehead atoms. The van der Waals surface area contributed by atoms with Crippen LogP contribution in [0, 0.1) is 6.92 Å². The Hall–Kier alpha value is -1.99. The number of tetrazole rings is 1. The molecule has 2 amide bonds. The molecular formula is C13H14N8O2S3. The number of amides is 2. The Morgan fingerprint density at radius 1 is 1.46 bits per heavy atom. The minimum absolute atomic E-state index is 0.00678. The summed E-state index contributed by atoms with van der Waals surface area (Å²) >= 11 is 4.84. The number of thioether (sulfide) groups is 2. The van der Waals surface area contributed by atoms with Crippen molar-refractivity contribution in [1.29, 1.82) is 0 Å². The van der Waals surface area contributed by atoms with E-state index in [9.17, 15) is 9.59 Å². The Morgan fingerprint density at radius 2 is 2.35 bits per heavy atom. The van der Waals surface area contributed by atoms with Gasteiger partial charge in [-0.05, 0) is 22.9 Å². The molecule has 13 heteroatoms. The number of fused-ring (bicyclic) bond motifs is 1. The highest BCUT2D eigenvalue weighted by Gasteiger charge is 2.49. The van der Waals surface area contributed by atoms with Crippen molar-refractivity contribution in [3.8, 4) is 0 Å². The van der Waals surface area contributed by atoms with E-state index in [4.69, 9.17) is 0 Å². The normalized spacial score (nSPS) is 21.8. The smallest absolute Gasteiger partial charge is 0.253 e. The first-order valence-corrected chi connectivity index (χ1v) is 10.5. The molecule has 4 heterocycles. The summed E-state index contributed by atoms with van der Waals surface area (Å²) in [5.74, 6) is 1.21. The summed E-state index contributed by atoms with van der Waals surface area (Å²) in [5.41, 5.74) is 1.16. The number of aromatic nitrogens is 6. The van der Waals surface area contributed by atoms with Gasteiger partial charge in [-0.15, -0.1) is 27.1 Å². The standard InChI is InChI=1S/C13H14N8O2S3/c1-7-16-17-13(26-7)25-5-8-2-21-11(23)10(12(21)24-4-8)15-9(22)3-20-6-14-18-19-20/h2,6,10,12H,3-5H2,1H3,(H,15,22)/t10?,12-/m1/s1. The molecule has 136 valence electrons. The molecule has 2 atom stereocenters. The number of rotatable bonds is 6. The molecule has 0 radical (unpaired) electrons. The van der Waals surface area contributed by atoms with Crippen LogP contribution >= 0.6 is 34.9 Å². The zero-order chi connectivity index (χ0) is 18.1. The van der Waals surface area contributed by atoms with Gasteiger partial charge in [-0.2, -0.15) is 0 Å². The van der Waals surface area contributed by atoms with E-state index in [-0.39, 0.29) is 23.7 Å². The van der Waals surface area contributed by atoms with Gasteiger partial charge >= 0.3 is 0 Å². The third-order valence-corrected chi connectivity index (χ3v) is 7.20. The van der Waals surface area contributed by atoms with Crippen LogP contribution in [0.25, 0.3) is 0 Å². The van der Waals surface area contributed by atoms with Gasteiger partial charge in [0.05, 0.1) is 0 Å². The SMILES string of the molecule is Cc1nnc(SCC2=CN3C(=O)C(NC(=O)Cn4cnnn4)[C@H]3SC2)s1. The highest BCUT2D eigenvalue weighted by Crippen LogP contribution is 2.37. The number of carbonyl (C=O) groups excluding carboxylic acids is 2. The Morgan fingerprint density at radius 3 is 3.08 bits per heavy atom. The van der Waals surface area contributed by atoms with Gasteiger partial charge in [0, 0.05) is 17.7 Å². The third kappa shape index (κ3) is 3.59. The number of hydrogen-bond acceptors (Lipinski definition) is 10. The Balaban J connectivity index is 1.30. The molecule has 1 fully saturated rings. The molecule has 1 saturated heterocycles. The van der Waals surface area contributed by atoms with Crippen LogP contribution in [0.3, 0.4) is 0 Å². The van der Waals surface area contributed by atoms with Crippen molar-refractivity contribution in [2.24, 2.45) is 0 Å². The maximum atomic E-state index is 12.3. The molecular weight excluding hydrogens is 396 g/mol. The van der Waals surface area contributed by atoms with Crippen LogP contribution in [-0.2, 0) is 16.1 Å². The lowest BCUT2D eigenvalue weighted by atomic mass is 10.1. The van der Waals surface area contributed by atoms with Gasteiger partial charge in [-0.3, -0.25) is 9.59 Å². The number of aryl methyl sites for hydroxylation is 1. The quantitative estimate of drug-likeness (QED) is 0.515. The van der Waals surface area contributed by atoms with Crippen LogP contribution in [-0.4, -0.2) is 70.0 Å². The maximum absolute atomic E-state index is 12.3. The van der Waals surface area contributed by atoms with Gasteiger partial charge in [0.1, 0.15) is 29.3 Å². The van der Waals surface area contributed by atoms with E-state index in [1.165, 1.54) is 11.0 Å². The van der Waals surface area contributed by atoms with Crippen LogP contribution in [0.1, 0.15) is 5.01 Å². The minimum Gasteiger partial charge on any atom is -0.340 e. The van der Waals surface area contributed by atoms with E-state index in [0.29, 0.717) is 0 Å². The van der Waals surface area contributed by atoms with E-state index in [2.05, 4.69) is 31.0 Å². The van der Waals surface area contributed by atoms with Crippen molar-refractivity contribution in [2.75, 3.05) is 11.5 Å². The van der Waals surface area contributed by atoms with E-state index in [1.54, 1.807) is 39.8 Å². The lowest BCUT2D eigenvalue weighted by Gasteiger charge is -2.47. The van der Waals surface area contributed by atoms with Gasteiger partial charge < -0.3 is 10.2 Å². The molecule has 0 saturated carbocycles. The van der Waals surface area contributed by atoms with Crippen molar-refractivity contribution in [3.63, 3.8) is 0 Å². The first-order valence-electron chi connectivity index (χ1n) is 7.66. The van der Waals surface area contributed by atoms with E-state index in [0.717, 1.165) is 26.4 Å². The van der Waals surface area contributed by atoms with Crippen LogP contribution in [0.15, 0.2) is 22.4 Å². The lowest BCUT2D eigenvalue weighted by molar-refractivity contribution is -0.145. The molecule has 2 aliphatic heterocycles. The predicted octanol–water partition coefficient (Wildman–Crippen LogP) is -0.0909. The van der Waals surface area contributed by atoms with Gasteiger partial charge in [0.15, 0.2) is 4.34 Å². The summed E-state index contributed by atoms with van der Waals surface area (Å²) in [6.07, 6.45) is 3.25. The summed E-state index contributed by atoms with van der Waals surface area (Å²) < 4.78 is 2.24. The molecule has 2 aliphatic rings. The summed E-state index contributed by atoms with van der Waals surface area (Å²) in [6, 6.07) is -0.500. The lowest BCUT2D eigenvalue weighted by Crippen LogP contribution is -2.68. The fourth-order valence-corrected chi connectivity index (χ4v) is 5.72. The van der Waals surface area contributed by atoms with Gasteiger partial charge in [-0.1, -0.05) is 23.1 Å². The van der Waals surface area contributed by atoms with Gasteiger partial charge in [0.25, 0.3) is 5.91 Å². The number of β-lactam (4-membered cyclic amide) rings is 1. The van der Waals surface area contributed by atoms with Gasteiger partial charge in [0.2, 0.25) is 5.91 Å². The molecule has 0 aromatic carbocycles. The van der Waals surface area contributed by atoms with Gasteiger partial charge in [-0.25, -0.2) is 4.68 Å². The van der Waals surface area contributed by atoms with E-state index < -0.39 is 6.04 Å². The maximum Gasteiger partial charge on any atom is 0.253 e. The van der Waals surface area contributed by atoms with Crippen LogP contribution in [0.4, 0.5) is 0 Å². The van der Waals surface area contributed by atoms with Crippen molar-refractivity contribution in [3.05, 3.63) is 23.1 Å². The molecule has 4 rings (SSSR count). The van der Waals surface area contributed by atoms with Crippen LogP contribution in [0.2, 0.25) is 0 Å². The van der Waals surface area contributed by atoms with Crippen molar-refractivity contribution < 1.29 is 9.59 Å². The average Bonchev–Trinajstić information content (AvgIpc) is 3.29. The second-order valence-electron chi connectivity index (χ2n) is 5.66. The molecule has 10 nitrogen and oxygen atoms in total. The summed E-state index contributed by atoms with van der Waals surface area (Å²) in [6.45, 7) is 1.92. The summed E-state index contributed by atoms with van der Waals surface area (Å²) in [7, 11) is 0. The average molecular weight is 411 g/mol. The summed E-state index contributed by atoms with van der Waals surface area (Å²) in [4.78, 5) is 26.0. The second-order valence-corrected chi connectivity index (χ2v) is 9.17. The van der Waals surface area contributed by atoms with E-state index >= 15 is 0 Å². The highest BCUT2D eigenvalue weighted by atomic mass is 32.2. The van der Waals surface area contributed by atoms with E-state index in [1.807, 2.05) is 13.1 Å². The molecule has 1 N–H and O–H groups in total. The monoisotopic (exact) mass is 410 g/mol. The second kappa shape index (κ2) is 7.32. The van der Waals surface area contributed by atoms with Crippen molar-refractivity contribution >= 4 is 46.7 Å². The fraction of sp³-hybridized carbons (Fsp3) is 0.462. The number of nitrogens with one attached hydrogen (secondary N) is 1. The zero-order valence-electron chi connectivity index (χ0n) is 13.6. The van der Waals surface area contributed by atoms with Crippen molar-refractivity contribution in [2.45, 2.75) is 29.2 Å². The molecule has 2 aromatic heterocycles. The zero-order valence-corrected chi connectivity index (χ0v) is 16.1. The molecule has 2 aromatic rings. The Labute approximate surface area is 160 Å². The molecule has 0 aliphatic carbocycles. The first-order chi connectivity index (χ1) is 12.6. The predicted molar refractivity (Wildman–Crippen MR) is 96.3 cm³/mol. The van der Waals surface area contributed by atoms with Crippen LogP contribution < -0.4 is 5.32 Å². The summed E-state index contributed by atoms with van der Waals surface area (Å²) in [5, 5.41) is 22.3. The molecule has 0 spiro atoms. The minimum atomic E-state index is -0.500. The Bertz CT molecular complexity index is 851. The fourth-order valence-electron chi connectivity index (χ4n) is 2.55. The number of carbonyl (C=O) groups is 2. The highest BCUT2D eigenvalue weighted by molar-refractivity contribution is 8.01. The van der Waals surface area contributed by atoms with Crippen LogP contribution in [0.5, 0.6) is 0 Å². The number of nitrogens with zero attached hydrogens (tertiary/aromatic N) is 7. The molecule has 1 unspecified atom stereocenters.